The number of rotatable bonds is 6. The van der Waals surface area contributed by atoms with Crippen molar-refractivity contribution < 1.29 is 4.79 Å². The first kappa shape index (κ1) is 15.5. The summed E-state index contributed by atoms with van der Waals surface area (Å²) in [6, 6.07) is 6.63. The van der Waals surface area contributed by atoms with E-state index in [1.54, 1.807) is 12.4 Å². The molecule has 3 rings (SSSR count). The third kappa shape index (κ3) is 3.67. The molecule has 1 aliphatic carbocycles. The van der Waals surface area contributed by atoms with E-state index in [2.05, 4.69) is 34.4 Å². The highest BCUT2D eigenvalue weighted by atomic mass is 16.1. The van der Waals surface area contributed by atoms with Gasteiger partial charge >= 0.3 is 0 Å². The second-order valence-corrected chi connectivity index (χ2v) is 5.83. The lowest BCUT2D eigenvalue weighted by Gasteiger charge is -2.14. The number of hydrogen-bond acceptors (Lipinski definition) is 4. The number of amides is 1. The van der Waals surface area contributed by atoms with Crippen LogP contribution in [0.15, 0.2) is 30.6 Å². The van der Waals surface area contributed by atoms with Gasteiger partial charge in [-0.2, -0.15) is 0 Å². The Morgan fingerprint density at radius 2 is 1.74 bits per heavy atom. The molecule has 0 radical (unpaired) electrons. The second kappa shape index (κ2) is 6.77. The van der Waals surface area contributed by atoms with Gasteiger partial charge in [0.25, 0.3) is 5.91 Å². The van der Waals surface area contributed by atoms with Crippen molar-refractivity contribution in [1.82, 2.24) is 9.97 Å². The Morgan fingerprint density at radius 1 is 1.13 bits per heavy atom. The summed E-state index contributed by atoms with van der Waals surface area (Å²) in [5.41, 5.74) is 3.68. The van der Waals surface area contributed by atoms with E-state index in [0.717, 1.165) is 29.7 Å². The van der Waals surface area contributed by atoms with E-state index >= 15 is 0 Å². The molecule has 0 aliphatic heterocycles. The van der Waals surface area contributed by atoms with Crippen LogP contribution >= 0.6 is 0 Å². The molecule has 0 bridgehead atoms. The molecule has 2 N–H and O–H groups in total. The number of para-hydroxylation sites is 1. The molecule has 0 atom stereocenters. The number of aromatic nitrogens is 2. The summed E-state index contributed by atoms with van der Waals surface area (Å²) in [7, 11) is 0. The van der Waals surface area contributed by atoms with Gasteiger partial charge in [-0.15, -0.1) is 0 Å². The largest absolute Gasteiger partial charge is 0.351 e. The number of carbonyl (C=O) groups is 1. The maximum Gasteiger partial charge on any atom is 0.258 e. The maximum atomic E-state index is 12.5. The molecular formula is C18H22N4O. The zero-order chi connectivity index (χ0) is 16.2. The van der Waals surface area contributed by atoms with Gasteiger partial charge in [-0.1, -0.05) is 32.0 Å². The van der Waals surface area contributed by atoms with E-state index in [0.29, 0.717) is 17.6 Å². The lowest BCUT2D eigenvalue weighted by molar-refractivity contribution is 0.102. The molecule has 23 heavy (non-hydrogen) atoms. The van der Waals surface area contributed by atoms with Crippen LogP contribution in [0.3, 0.4) is 0 Å². The molecule has 1 aromatic heterocycles. The van der Waals surface area contributed by atoms with E-state index in [-0.39, 0.29) is 5.91 Å². The average molecular weight is 310 g/mol. The fourth-order valence-corrected chi connectivity index (χ4v) is 2.52. The molecule has 1 aromatic carbocycles. The van der Waals surface area contributed by atoms with Crippen LogP contribution in [0.4, 0.5) is 11.6 Å². The quantitative estimate of drug-likeness (QED) is 0.858. The van der Waals surface area contributed by atoms with Crippen molar-refractivity contribution in [3.8, 4) is 0 Å². The Balaban J connectivity index is 1.76. The lowest BCUT2D eigenvalue weighted by Crippen LogP contribution is -2.16. The van der Waals surface area contributed by atoms with Crippen LogP contribution < -0.4 is 10.6 Å². The SMILES string of the molecule is CCc1cccc(CC)c1NC(=O)c1cnc(NC2CC2)nc1. The predicted molar refractivity (Wildman–Crippen MR) is 91.8 cm³/mol. The van der Waals surface area contributed by atoms with Gasteiger partial charge in [-0.3, -0.25) is 4.79 Å². The number of aryl methyl sites for hydroxylation is 2. The van der Waals surface area contributed by atoms with Crippen LogP contribution in [0.1, 0.15) is 48.2 Å². The van der Waals surface area contributed by atoms with Gasteiger partial charge in [0.05, 0.1) is 5.56 Å². The number of anilines is 2. The first-order valence-corrected chi connectivity index (χ1v) is 8.22. The van der Waals surface area contributed by atoms with E-state index < -0.39 is 0 Å². The van der Waals surface area contributed by atoms with Gasteiger partial charge in [0.1, 0.15) is 0 Å². The number of benzene rings is 1. The summed E-state index contributed by atoms with van der Waals surface area (Å²) < 4.78 is 0. The van der Waals surface area contributed by atoms with Crippen LogP contribution in [0.5, 0.6) is 0 Å². The minimum atomic E-state index is -0.168. The van der Waals surface area contributed by atoms with E-state index in [1.165, 1.54) is 12.8 Å². The first-order valence-electron chi connectivity index (χ1n) is 8.22. The highest BCUT2D eigenvalue weighted by Gasteiger charge is 2.22. The Morgan fingerprint density at radius 3 is 2.26 bits per heavy atom. The van der Waals surface area contributed by atoms with Crippen molar-refractivity contribution in [2.45, 2.75) is 45.6 Å². The number of nitrogens with zero attached hydrogens (tertiary/aromatic N) is 2. The molecule has 1 fully saturated rings. The smallest absolute Gasteiger partial charge is 0.258 e. The van der Waals surface area contributed by atoms with Crippen molar-refractivity contribution in [3.05, 3.63) is 47.3 Å². The molecule has 0 saturated heterocycles. The highest BCUT2D eigenvalue weighted by molar-refractivity contribution is 6.04. The molecule has 1 heterocycles. The van der Waals surface area contributed by atoms with Crippen molar-refractivity contribution in [3.63, 3.8) is 0 Å². The zero-order valence-electron chi connectivity index (χ0n) is 13.6. The van der Waals surface area contributed by atoms with Gasteiger partial charge in [0, 0.05) is 24.1 Å². The molecule has 0 unspecified atom stereocenters. The average Bonchev–Trinajstić information content (AvgIpc) is 3.39. The Labute approximate surface area is 136 Å². The second-order valence-electron chi connectivity index (χ2n) is 5.83. The lowest BCUT2D eigenvalue weighted by atomic mass is 10.0. The van der Waals surface area contributed by atoms with Crippen molar-refractivity contribution in [1.29, 1.82) is 0 Å². The summed E-state index contributed by atoms with van der Waals surface area (Å²) >= 11 is 0. The zero-order valence-corrected chi connectivity index (χ0v) is 13.6. The minimum Gasteiger partial charge on any atom is -0.351 e. The van der Waals surface area contributed by atoms with Crippen molar-refractivity contribution >= 4 is 17.5 Å². The summed E-state index contributed by atoms with van der Waals surface area (Å²) in [5.74, 6) is 0.422. The number of hydrogen-bond donors (Lipinski definition) is 2. The third-order valence-corrected chi connectivity index (χ3v) is 4.06. The Kier molecular flexibility index (Phi) is 4.55. The normalized spacial score (nSPS) is 13.7. The first-order chi connectivity index (χ1) is 11.2. The van der Waals surface area contributed by atoms with E-state index in [9.17, 15) is 4.79 Å². The molecule has 120 valence electrons. The molecular weight excluding hydrogens is 288 g/mol. The van der Waals surface area contributed by atoms with Gasteiger partial charge in [-0.05, 0) is 36.8 Å². The molecule has 1 amide bonds. The maximum absolute atomic E-state index is 12.5. The molecule has 0 spiro atoms. The predicted octanol–water partition coefficient (Wildman–Crippen LogP) is 3.43. The summed E-state index contributed by atoms with van der Waals surface area (Å²) in [6.07, 6.45) is 7.24. The highest BCUT2D eigenvalue weighted by Crippen LogP contribution is 2.24. The van der Waals surface area contributed by atoms with Crippen LogP contribution in [0.2, 0.25) is 0 Å². The fraction of sp³-hybridized carbons (Fsp3) is 0.389. The fourth-order valence-electron chi connectivity index (χ4n) is 2.52. The topological polar surface area (TPSA) is 66.9 Å². The van der Waals surface area contributed by atoms with Gasteiger partial charge in [0.15, 0.2) is 0 Å². The van der Waals surface area contributed by atoms with E-state index in [4.69, 9.17) is 0 Å². The Bertz CT molecular complexity index is 670. The molecule has 5 heteroatoms. The Hall–Kier alpha value is -2.43. The summed E-state index contributed by atoms with van der Waals surface area (Å²) in [6.45, 7) is 4.18. The van der Waals surface area contributed by atoms with Crippen molar-refractivity contribution in [2.24, 2.45) is 0 Å². The van der Waals surface area contributed by atoms with Crippen molar-refractivity contribution in [2.75, 3.05) is 10.6 Å². The third-order valence-electron chi connectivity index (χ3n) is 4.06. The molecule has 1 aliphatic rings. The van der Waals surface area contributed by atoms with Gasteiger partial charge in [0.2, 0.25) is 5.95 Å². The van der Waals surface area contributed by atoms with Gasteiger partial charge in [-0.25, -0.2) is 9.97 Å². The number of nitrogens with one attached hydrogen (secondary N) is 2. The van der Waals surface area contributed by atoms with E-state index in [1.807, 2.05) is 18.2 Å². The van der Waals surface area contributed by atoms with Gasteiger partial charge < -0.3 is 10.6 Å². The molecule has 2 aromatic rings. The monoisotopic (exact) mass is 310 g/mol. The minimum absolute atomic E-state index is 0.168. The molecule has 5 nitrogen and oxygen atoms in total. The van der Waals surface area contributed by atoms with Crippen LogP contribution in [0.25, 0.3) is 0 Å². The van der Waals surface area contributed by atoms with Crippen LogP contribution in [0, 0.1) is 0 Å². The van der Waals surface area contributed by atoms with Crippen LogP contribution in [-0.4, -0.2) is 21.9 Å². The summed E-state index contributed by atoms with van der Waals surface area (Å²) in [4.78, 5) is 20.9. The van der Waals surface area contributed by atoms with Crippen LogP contribution in [-0.2, 0) is 12.8 Å². The standard InChI is InChI=1S/C18H22N4O/c1-3-12-6-5-7-13(4-2)16(12)22-17(23)14-10-19-18(20-11-14)21-15-8-9-15/h5-7,10-11,15H,3-4,8-9H2,1-2H3,(H,22,23)(H,19,20,21). The number of carbonyl (C=O) groups excluding carboxylic acids is 1. The molecule has 1 saturated carbocycles. The summed E-state index contributed by atoms with van der Waals surface area (Å²) in [5, 5.41) is 6.24.